The molecule has 4 N–H and O–H groups in total. The van der Waals surface area contributed by atoms with Crippen LogP contribution in [0, 0.1) is 5.82 Å². The van der Waals surface area contributed by atoms with Crippen LogP contribution in [0.2, 0.25) is 0 Å². The molecule has 2 aromatic carbocycles. The summed E-state index contributed by atoms with van der Waals surface area (Å²) in [4.78, 5) is 28.3. The minimum absolute atomic E-state index is 0.0231. The molecule has 0 fully saturated rings. The Morgan fingerprint density at radius 3 is 2.73 bits per heavy atom. The molecule has 0 bridgehead atoms. The van der Waals surface area contributed by atoms with Crippen molar-refractivity contribution in [3.63, 3.8) is 0 Å². The summed E-state index contributed by atoms with van der Waals surface area (Å²) < 4.78 is 51.7. The highest BCUT2D eigenvalue weighted by Gasteiger charge is 2.19. The number of anilines is 1. The quantitative estimate of drug-likeness (QED) is 0.191. The number of aromatic amines is 1. The number of ether oxygens (including phenoxy) is 2. The van der Waals surface area contributed by atoms with Gasteiger partial charge in [0.05, 0.1) is 53.7 Å². The second kappa shape index (κ2) is 12.0. The lowest BCUT2D eigenvalue weighted by molar-refractivity contribution is 0.0600. The maximum absolute atomic E-state index is 14.5. The molecule has 0 aliphatic carbocycles. The third-order valence-electron chi connectivity index (χ3n) is 6.15. The van der Waals surface area contributed by atoms with Gasteiger partial charge in [0.25, 0.3) is 6.43 Å². The van der Waals surface area contributed by atoms with Gasteiger partial charge in [-0.25, -0.2) is 27.9 Å². The third kappa shape index (κ3) is 6.12. The van der Waals surface area contributed by atoms with E-state index >= 15 is 0 Å². The van der Waals surface area contributed by atoms with E-state index < -0.39 is 18.2 Å². The lowest BCUT2D eigenvalue weighted by Crippen LogP contribution is -2.10. The van der Waals surface area contributed by atoms with E-state index in [0.29, 0.717) is 47.2 Å². The van der Waals surface area contributed by atoms with E-state index in [1.54, 1.807) is 12.3 Å². The first kappa shape index (κ1) is 27.6. The Kier molecular flexibility index (Phi) is 8.11. The van der Waals surface area contributed by atoms with E-state index in [1.807, 2.05) is 24.3 Å². The normalized spacial score (nSPS) is 11.2. The maximum Gasteiger partial charge on any atom is 0.337 e. The fraction of sp³-hybridized carbons (Fsp3) is 0.172. The van der Waals surface area contributed by atoms with Crippen LogP contribution in [0.25, 0.3) is 33.5 Å². The Bertz CT molecular complexity index is 1710. The molecular weight excluding hydrogens is 537 g/mol. The Labute approximate surface area is 232 Å². The van der Waals surface area contributed by atoms with Gasteiger partial charge in [0.15, 0.2) is 0 Å². The summed E-state index contributed by atoms with van der Waals surface area (Å²) in [7, 11) is 1.23. The van der Waals surface area contributed by atoms with Gasteiger partial charge in [0.1, 0.15) is 29.7 Å². The lowest BCUT2D eigenvalue weighted by Gasteiger charge is -2.08. The van der Waals surface area contributed by atoms with Gasteiger partial charge in [-0.15, -0.1) is 0 Å². The zero-order chi connectivity index (χ0) is 28.9. The molecule has 9 nitrogen and oxygen atoms in total. The van der Waals surface area contributed by atoms with Gasteiger partial charge in [-0.05, 0) is 48.5 Å². The first-order valence-corrected chi connectivity index (χ1v) is 12.6. The van der Waals surface area contributed by atoms with E-state index in [-0.39, 0.29) is 29.2 Å². The summed E-state index contributed by atoms with van der Waals surface area (Å²) in [5.74, 6) is -0.260. The summed E-state index contributed by atoms with van der Waals surface area (Å²) in [6.45, 7) is 0.713. The second-order valence-corrected chi connectivity index (χ2v) is 8.91. The lowest BCUT2D eigenvalue weighted by atomic mass is 10.1. The van der Waals surface area contributed by atoms with Crippen molar-refractivity contribution < 1.29 is 27.4 Å². The second-order valence-electron chi connectivity index (χ2n) is 8.91. The summed E-state index contributed by atoms with van der Waals surface area (Å²) in [6, 6.07) is 15.4. The van der Waals surface area contributed by atoms with E-state index in [2.05, 4.69) is 20.3 Å². The first-order valence-electron chi connectivity index (χ1n) is 12.6. The molecule has 0 radical (unpaired) electrons. The summed E-state index contributed by atoms with van der Waals surface area (Å²) >= 11 is 0. The number of nitrogens with two attached hydrogens (primary N) is 1. The van der Waals surface area contributed by atoms with Gasteiger partial charge in [-0.1, -0.05) is 12.1 Å². The number of esters is 1. The van der Waals surface area contributed by atoms with Crippen LogP contribution in [0.4, 0.5) is 18.9 Å². The van der Waals surface area contributed by atoms with Gasteiger partial charge in [-0.3, -0.25) is 4.98 Å². The number of nitrogens with zero attached hydrogens (tertiary/aromatic N) is 3. The zero-order valence-corrected chi connectivity index (χ0v) is 21.8. The number of hydrogen-bond acceptors (Lipinski definition) is 8. The molecule has 0 atom stereocenters. The van der Waals surface area contributed by atoms with Crippen LogP contribution >= 0.6 is 0 Å². The average molecular weight is 563 g/mol. The van der Waals surface area contributed by atoms with Crippen molar-refractivity contribution in [1.82, 2.24) is 19.9 Å². The molecule has 3 aromatic heterocycles. The highest BCUT2D eigenvalue weighted by Crippen LogP contribution is 2.33. The highest BCUT2D eigenvalue weighted by molar-refractivity contribution is 5.90. The number of hydrogen-bond donors (Lipinski definition) is 3. The highest BCUT2D eigenvalue weighted by atomic mass is 19.3. The molecule has 0 saturated carbocycles. The Morgan fingerprint density at radius 2 is 1.95 bits per heavy atom. The predicted octanol–water partition coefficient (Wildman–Crippen LogP) is 5.50. The van der Waals surface area contributed by atoms with Gasteiger partial charge in [-0.2, -0.15) is 0 Å². The topological polar surface area (TPSA) is 128 Å². The summed E-state index contributed by atoms with van der Waals surface area (Å²) in [6.07, 6.45) is -1.15. The molecule has 5 rings (SSSR count). The standard InChI is InChI=1S/C29H25F3N6O3/c1-40-29(39)17-5-7-20(30)24(13-17)35-15-25-37-26(27(38-25)22-3-2-4-23(36-22)28(31)32)16-6-8-21-18(11-16)12-19(14-34-21)41-10-9-33/h2-8,11-14,28,35H,9-10,15,33H2,1H3,(H,37,38). The molecule has 210 valence electrons. The number of imidazole rings is 1. The molecular formula is C29H25F3N6O3. The number of methoxy groups -OCH3 is 1. The molecule has 12 heteroatoms. The fourth-order valence-electron chi connectivity index (χ4n) is 4.21. The van der Waals surface area contributed by atoms with Gasteiger partial charge >= 0.3 is 5.97 Å². The SMILES string of the molecule is COC(=O)c1ccc(F)c(NCc2nc(-c3ccc4ncc(OCCN)cc4c3)c(-c3cccc(C(F)F)n3)[nH]2)c1. The van der Waals surface area contributed by atoms with Crippen molar-refractivity contribution in [3.05, 3.63) is 89.8 Å². The molecule has 0 spiro atoms. The Morgan fingerprint density at radius 1 is 1.10 bits per heavy atom. The van der Waals surface area contributed by atoms with Crippen LogP contribution in [0.3, 0.4) is 0 Å². The van der Waals surface area contributed by atoms with Crippen LogP contribution in [0.1, 0.15) is 28.3 Å². The van der Waals surface area contributed by atoms with Gasteiger partial charge < -0.3 is 25.5 Å². The molecule has 5 aromatic rings. The molecule has 0 saturated heterocycles. The van der Waals surface area contributed by atoms with Crippen LogP contribution in [0.15, 0.2) is 66.9 Å². The van der Waals surface area contributed by atoms with Crippen molar-refractivity contribution in [2.75, 3.05) is 25.6 Å². The fourth-order valence-corrected chi connectivity index (χ4v) is 4.21. The number of H-pyrrole nitrogens is 1. The number of rotatable bonds is 10. The molecule has 41 heavy (non-hydrogen) atoms. The number of carbonyl (C=O) groups excluding carboxylic acids is 1. The van der Waals surface area contributed by atoms with Crippen LogP contribution < -0.4 is 15.8 Å². The maximum atomic E-state index is 14.5. The van der Waals surface area contributed by atoms with Crippen molar-refractivity contribution in [2.24, 2.45) is 5.73 Å². The number of pyridine rings is 2. The number of aromatic nitrogens is 4. The number of nitrogens with one attached hydrogen (secondary N) is 2. The summed E-state index contributed by atoms with van der Waals surface area (Å²) in [5, 5.41) is 3.69. The monoisotopic (exact) mass is 562 g/mol. The number of halogens is 3. The largest absolute Gasteiger partial charge is 0.491 e. The van der Waals surface area contributed by atoms with Gasteiger partial charge in [0, 0.05) is 17.5 Å². The van der Waals surface area contributed by atoms with Crippen molar-refractivity contribution >= 4 is 22.6 Å². The molecule has 0 aliphatic heterocycles. The van der Waals surface area contributed by atoms with E-state index in [4.69, 9.17) is 20.2 Å². The van der Waals surface area contributed by atoms with E-state index in [1.165, 1.54) is 31.4 Å². The van der Waals surface area contributed by atoms with Crippen LogP contribution in [0.5, 0.6) is 5.75 Å². The number of alkyl halides is 2. The molecule has 0 amide bonds. The van der Waals surface area contributed by atoms with Gasteiger partial charge in [0.2, 0.25) is 0 Å². The third-order valence-corrected chi connectivity index (χ3v) is 6.15. The van der Waals surface area contributed by atoms with Crippen molar-refractivity contribution in [3.8, 4) is 28.4 Å². The Hall–Kier alpha value is -4.97. The van der Waals surface area contributed by atoms with Crippen LogP contribution in [-0.2, 0) is 11.3 Å². The molecule has 3 heterocycles. The minimum Gasteiger partial charge on any atom is -0.491 e. The molecule has 0 unspecified atom stereocenters. The van der Waals surface area contributed by atoms with Crippen LogP contribution in [-0.4, -0.2) is 46.2 Å². The first-order chi connectivity index (χ1) is 19.9. The summed E-state index contributed by atoms with van der Waals surface area (Å²) in [5.41, 5.74) is 7.86. The number of benzene rings is 2. The zero-order valence-electron chi connectivity index (χ0n) is 21.8. The minimum atomic E-state index is -2.76. The number of fused-ring (bicyclic) bond motifs is 1. The van der Waals surface area contributed by atoms with E-state index in [0.717, 1.165) is 11.5 Å². The van der Waals surface area contributed by atoms with Crippen molar-refractivity contribution in [1.29, 1.82) is 0 Å². The Balaban J connectivity index is 1.54. The average Bonchev–Trinajstić information content (AvgIpc) is 3.43. The number of carbonyl (C=O) groups is 1. The van der Waals surface area contributed by atoms with Crippen molar-refractivity contribution in [2.45, 2.75) is 13.0 Å². The molecule has 0 aliphatic rings. The smallest absolute Gasteiger partial charge is 0.337 e. The van der Waals surface area contributed by atoms with E-state index in [9.17, 15) is 18.0 Å². The predicted molar refractivity (Wildman–Crippen MR) is 147 cm³/mol.